The van der Waals surface area contributed by atoms with Crippen molar-refractivity contribution in [1.82, 2.24) is 0 Å². The third kappa shape index (κ3) is 2.89. The number of rotatable bonds is 0. The smallest absolute Gasteiger partial charge is 0.104 e. The summed E-state index contributed by atoms with van der Waals surface area (Å²) in [5.41, 5.74) is 1.70. The molecule has 2 aliphatic heterocycles. The normalized spacial score (nSPS) is 55.2. The summed E-state index contributed by atoms with van der Waals surface area (Å²) in [7, 11) is 0. The highest BCUT2D eigenvalue weighted by molar-refractivity contribution is 5.24. The molecule has 2 unspecified atom stereocenters. The molecule has 0 aromatic heterocycles. The Morgan fingerprint density at radius 1 is 0.625 bits per heavy atom. The molecule has 4 bridgehead atoms. The molecule has 180 valence electrons. The van der Waals surface area contributed by atoms with Gasteiger partial charge in [-0.15, -0.1) is 0 Å². The van der Waals surface area contributed by atoms with Crippen LogP contribution >= 0.6 is 0 Å². The van der Waals surface area contributed by atoms with Crippen LogP contribution in [-0.4, -0.2) is 12.2 Å². The second kappa shape index (κ2) is 7.29. The summed E-state index contributed by atoms with van der Waals surface area (Å²) < 4.78 is 12.6. The van der Waals surface area contributed by atoms with E-state index in [1.807, 2.05) is 0 Å². The zero-order valence-electron chi connectivity index (χ0n) is 22.1. The lowest BCUT2D eigenvalue weighted by Crippen LogP contribution is -2.55. The van der Waals surface area contributed by atoms with Gasteiger partial charge < -0.3 is 9.47 Å². The minimum Gasteiger partial charge on any atom is -0.494 e. The van der Waals surface area contributed by atoms with Gasteiger partial charge >= 0.3 is 0 Å². The van der Waals surface area contributed by atoms with E-state index in [2.05, 4.69) is 67.5 Å². The Morgan fingerprint density at radius 2 is 1.00 bits per heavy atom. The molecule has 2 saturated carbocycles. The van der Waals surface area contributed by atoms with Gasteiger partial charge in [0.05, 0.1) is 11.5 Å². The number of ether oxygens (including phenoxy) is 2. The lowest BCUT2D eigenvalue weighted by molar-refractivity contribution is -0.161. The molecular formula is C30H48O2. The van der Waals surface area contributed by atoms with Gasteiger partial charge in [-0.05, 0) is 86.2 Å². The Labute approximate surface area is 197 Å². The van der Waals surface area contributed by atoms with Crippen LogP contribution in [0.2, 0.25) is 0 Å². The number of fused-ring (bicyclic) bond motifs is 8. The molecule has 2 nitrogen and oxygen atoms in total. The molecule has 2 heteroatoms. The fourth-order valence-electron chi connectivity index (χ4n) is 8.61. The van der Waals surface area contributed by atoms with Crippen LogP contribution in [0.4, 0.5) is 0 Å². The van der Waals surface area contributed by atoms with Gasteiger partial charge in [-0.1, -0.05) is 55.4 Å². The summed E-state index contributed by atoms with van der Waals surface area (Å²) >= 11 is 0. The first-order valence-corrected chi connectivity index (χ1v) is 13.7. The van der Waals surface area contributed by atoms with Crippen molar-refractivity contribution in [2.24, 2.45) is 45.3 Å². The van der Waals surface area contributed by atoms with Gasteiger partial charge in [0, 0.05) is 22.7 Å². The third-order valence-corrected chi connectivity index (χ3v) is 12.4. The summed E-state index contributed by atoms with van der Waals surface area (Å²) in [6.07, 6.45) is 16.1. The molecule has 0 aromatic carbocycles. The van der Waals surface area contributed by atoms with Crippen molar-refractivity contribution < 1.29 is 9.47 Å². The van der Waals surface area contributed by atoms with E-state index < -0.39 is 0 Å². The SMILES string of the molecule is CC1CC[C@@]2(C)[C@@H](C1)OC1=CC[C@@]2(C)[C@@H]1C.CC1CC[C@@]2(C)[C@@H](C1)OC1=CC[C@@]2(C)[C@@H]1C. The van der Waals surface area contributed by atoms with Crippen LogP contribution in [-0.2, 0) is 9.47 Å². The van der Waals surface area contributed by atoms with E-state index in [-0.39, 0.29) is 0 Å². The highest BCUT2D eigenvalue weighted by Crippen LogP contribution is 2.66. The largest absolute Gasteiger partial charge is 0.494 e. The Morgan fingerprint density at radius 3 is 1.38 bits per heavy atom. The van der Waals surface area contributed by atoms with Crippen LogP contribution in [0.1, 0.15) is 107 Å². The van der Waals surface area contributed by atoms with Crippen molar-refractivity contribution in [3.8, 4) is 0 Å². The maximum atomic E-state index is 6.29. The van der Waals surface area contributed by atoms with Crippen molar-refractivity contribution in [2.75, 3.05) is 0 Å². The first kappa shape index (κ1) is 22.9. The highest BCUT2D eigenvalue weighted by Gasteiger charge is 2.62. The van der Waals surface area contributed by atoms with Crippen molar-refractivity contribution in [3.05, 3.63) is 23.7 Å². The van der Waals surface area contributed by atoms with Crippen LogP contribution in [0, 0.1) is 45.3 Å². The van der Waals surface area contributed by atoms with Gasteiger partial charge in [0.25, 0.3) is 0 Å². The van der Waals surface area contributed by atoms with Gasteiger partial charge in [0.1, 0.15) is 12.2 Å². The van der Waals surface area contributed by atoms with Gasteiger partial charge in [0.2, 0.25) is 0 Å². The van der Waals surface area contributed by atoms with Crippen molar-refractivity contribution >= 4 is 0 Å². The molecule has 0 spiro atoms. The van der Waals surface area contributed by atoms with Crippen LogP contribution in [0.5, 0.6) is 0 Å². The zero-order valence-corrected chi connectivity index (χ0v) is 22.1. The minimum atomic E-state index is 0.398. The summed E-state index contributed by atoms with van der Waals surface area (Å²) in [5.74, 6) is 5.52. The van der Waals surface area contributed by atoms with Crippen LogP contribution in [0.3, 0.4) is 0 Å². The Bertz CT molecular complexity index is 759. The van der Waals surface area contributed by atoms with Crippen LogP contribution in [0.25, 0.3) is 0 Å². The number of hydrogen-bond acceptors (Lipinski definition) is 2. The van der Waals surface area contributed by atoms with Gasteiger partial charge in [-0.25, -0.2) is 0 Å². The fraction of sp³-hybridized carbons (Fsp3) is 0.867. The summed E-state index contributed by atoms with van der Waals surface area (Å²) in [6.45, 7) is 19.4. The average Bonchev–Trinajstić information content (AvgIpc) is 3.11. The lowest BCUT2D eigenvalue weighted by atomic mass is 9.51. The van der Waals surface area contributed by atoms with E-state index in [1.54, 1.807) is 0 Å². The Kier molecular flexibility index (Phi) is 5.20. The molecule has 4 fully saturated rings. The quantitative estimate of drug-likeness (QED) is 0.377. The zero-order chi connectivity index (χ0) is 23.1. The molecule has 2 saturated heterocycles. The molecule has 0 amide bonds. The lowest BCUT2D eigenvalue weighted by Gasteiger charge is -2.58. The minimum absolute atomic E-state index is 0.398. The van der Waals surface area contributed by atoms with Crippen molar-refractivity contribution in [1.29, 1.82) is 0 Å². The third-order valence-electron chi connectivity index (χ3n) is 12.4. The Hall–Kier alpha value is -0.920. The maximum absolute atomic E-state index is 6.29. The molecular weight excluding hydrogens is 392 g/mol. The average molecular weight is 441 g/mol. The van der Waals surface area contributed by atoms with Gasteiger partial charge in [-0.2, -0.15) is 0 Å². The molecule has 2 heterocycles. The fourth-order valence-corrected chi connectivity index (χ4v) is 8.61. The molecule has 32 heavy (non-hydrogen) atoms. The van der Waals surface area contributed by atoms with E-state index in [0.29, 0.717) is 45.7 Å². The second-order valence-electron chi connectivity index (χ2n) is 13.7. The molecule has 0 radical (unpaired) electrons. The number of hydrogen-bond donors (Lipinski definition) is 0. The second-order valence-corrected chi connectivity index (χ2v) is 13.7. The monoisotopic (exact) mass is 440 g/mol. The summed E-state index contributed by atoms with van der Waals surface area (Å²) in [4.78, 5) is 0. The first-order valence-electron chi connectivity index (χ1n) is 13.7. The van der Waals surface area contributed by atoms with E-state index in [9.17, 15) is 0 Å². The molecule has 10 atom stereocenters. The van der Waals surface area contributed by atoms with Crippen molar-refractivity contribution in [2.45, 2.75) is 119 Å². The van der Waals surface area contributed by atoms with E-state index >= 15 is 0 Å². The number of allylic oxidation sites excluding steroid dienone is 4. The van der Waals surface area contributed by atoms with Crippen molar-refractivity contribution in [3.63, 3.8) is 0 Å². The molecule has 6 aliphatic rings. The standard InChI is InChI=1S/2C15H24O/c2*1-10-5-7-15(4)13(9-10)16-12-6-8-14(15,3)11(12)2/h2*6,10-11,13H,5,7-9H2,1-4H3/t2*10?,11-,13-,14+,15+/m11/s1. The van der Waals surface area contributed by atoms with E-state index in [4.69, 9.17) is 9.47 Å². The van der Waals surface area contributed by atoms with Crippen LogP contribution in [0.15, 0.2) is 23.7 Å². The molecule has 6 rings (SSSR count). The molecule has 0 aromatic rings. The Balaban J connectivity index is 0.000000135. The predicted molar refractivity (Wildman–Crippen MR) is 132 cm³/mol. The topological polar surface area (TPSA) is 18.5 Å². The maximum Gasteiger partial charge on any atom is 0.104 e. The summed E-state index contributed by atoms with van der Waals surface area (Å²) in [5, 5.41) is 0. The first-order chi connectivity index (χ1) is 14.9. The predicted octanol–water partition coefficient (Wildman–Crippen LogP) is 8.28. The van der Waals surface area contributed by atoms with E-state index in [1.165, 1.54) is 62.9 Å². The molecule has 4 aliphatic carbocycles. The van der Waals surface area contributed by atoms with Crippen LogP contribution < -0.4 is 0 Å². The highest BCUT2D eigenvalue weighted by atomic mass is 16.5. The van der Waals surface area contributed by atoms with Gasteiger partial charge in [0.15, 0.2) is 0 Å². The summed E-state index contributed by atoms with van der Waals surface area (Å²) in [6, 6.07) is 0. The van der Waals surface area contributed by atoms with E-state index in [0.717, 1.165) is 11.8 Å². The molecule has 0 N–H and O–H groups in total. The van der Waals surface area contributed by atoms with Gasteiger partial charge in [-0.3, -0.25) is 0 Å².